The molecule has 0 fully saturated rings. The highest BCUT2D eigenvalue weighted by atomic mass is 16.5. The van der Waals surface area contributed by atoms with Crippen LogP contribution >= 0.6 is 0 Å². The summed E-state index contributed by atoms with van der Waals surface area (Å²) in [5, 5.41) is 21.9. The van der Waals surface area contributed by atoms with E-state index in [2.05, 4.69) is 46.0 Å². The molecular weight excluding hydrogens is 480 g/mol. The third-order valence-electron chi connectivity index (χ3n) is 6.27. The fourth-order valence-electron chi connectivity index (χ4n) is 4.28. The number of methoxy groups -OCH3 is 1. The average Bonchev–Trinajstić information content (AvgIpc) is 3.43. The summed E-state index contributed by atoms with van der Waals surface area (Å²) in [4.78, 5) is 12.2. The van der Waals surface area contributed by atoms with E-state index in [0.717, 1.165) is 33.4 Å². The molecule has 0 radical (unpaired) electrons. The number of rotatable bonds is 11. The fraction of sp³-hybridized carbons (Fsp3) is 0.241. The molecule has 5 N–H and O–H groups in total. The molecule has 0 saturated carbocycles. The Bertz CT molecular complexity index is 1390. The molecule has 0 bridgehead atoms. The molecule has 3 aromatic carbocycles. The number of nitrogens with one attached hydrogen (secondary N) is 3. The minimum absolute atomic E-state index is 0.0902. The smallest absolute Gasteiger partial charge is 0.322 e. The quantitative estimate of drug-likeness (QED) is 0.101. The lowest BCUT2D eigenvalue weighted by Crippen LogP contribution is -2.38. The molecule has 1 unspecified atom stereocenters. The van der Waals surface area contributed by atoms with E-state index in [4.69, 9.17) is 20.3 Å². The van der Waals surface area contributed by atoms with E-state index >= 15 is 0 Å². The maximum atomic E-state index is 12.2. The van der Waals surface area contributed by atoms with Crippen molar-refractivity contribution in [1.82, 2.24) is 20.8 Å². The zero-order valence-electron chi connectivity index (χ0n) is 21.5. The van der Waals surface area contributed by atoms with Gasteiger partial charge in [-0.1, -0.05) is 54.6 Å². The Morgan fingerprint density at radius 3 is 2.47 bits per heavy atom. The molecule has 38 heavy (non-hydrogen) atoms. The van der Waals surface area contributed by atoms with E-state index in [1.54, 1.807) is 0 Å². The van der Waals surface area contributed by atoms with Gasteiger partial charge in [0.1, 0.15) is 6.04 Å². The Kier molecular flexibility index (Phi) is 8.84. The van der Waals surface area contributed by atoms with Gasteiger partial charge in [0, 0.05) is 24.2 Å². The summed E-state index contributed by atoms with van der Waals surface area (Å²) >= 11 is 0. The molecule has 1 heterocycles. The number of hydrogen-bond donors (Lipinski definition) is 4. The number of hydrogen-bond acceptors (Lipinski definition) is 7. The fourth-order valence-corrected chi connectivity index (χ4v) is 4.28. The second kappa shape index (κ2) is 12.6. The first-order valence-electron chi connectivity index (χ1n) is 12.4. The Morgan fingerprint density at radius 2 is 1.71 bits per heavy atom. The number of ether oxygens (including phenoxy) is 1. The van der Waals surface area contributed by atoms with Crippen molar-refractivity contribution in [2.24, 2.45) is 5.73 Å². The molecule has 9 nitrogen and oxygen atoms in total. The van der Waals surface area contributed by atoms with Crippen LogP contribution in [0.25, 0.3) is 34.0 Å². The van der Waals surface area contributed by atoms with Crippen molar-refractivity contribution in [2.45, 2.75) is 32.4 Å². The average molecular weight is 513 g/mol. The highest BCUT2D eigenvalue weighted by molar-refractivity contribution is 5.76. The molecule has 196 valence electrons. The number of nitrogens with two attached hydrogens (primary N) is 1. The maximum Gasteiger partial charge on any atom is 0.322 e. The van der Waals surface area contributed by atoms with Crippen LogP contribution in [-0.4, -0.2) is 41.8 Å². The van der Waals surface area contributed by atoms with Crippen LogP contribution in [0.15, 0.2) is 77.2 Å². The molecule has 0 amide bonds. The van der Waals surface area contributed by atoms with Crippen molar-refractivity contribution < 1.29 is 13.9 Å². The lowest BCUT2D eigenvalue weighted by molar-refractivity contribution is -0.143. The predicted octanol–water partition coefficient (Wildman–Crippen LogP) is 4.27. The van der Waals surface area contributed by atoms with Gasteiger partial charge in [-0.2, -0.15) is 0 Å². The van der Waals surface area contributed by atoms with Gasteiger partial charge in [-0.05, 0) is 60.2 Å². The van der Waals surface area contributed by atoms with Crippen LogP contribution in [0.4, 0.5) is 0 Å². The highest BCUT2D eigenvalue weighted by Gasteiger charge is 2.19. The summed E-state index contributed by atoms with van der Waals surface area (Å²) in [5.41, 5.74) is 11.3. The van der Waals surface area contributed by atoms with Gasteiger partial charge in [0.2, 0.25) is 11.8 Å². The largest absolute Gasteiger partial charge is 0.468 e. The summed E-state index contributed by atoms with van der Waals surface area (Å²) in [5.74, 6) is 0.459. The minimum atomic E-state index is -0.479. The number of esters is 1. The van der Waals surface area contributed by atoms with E-state index < -0.39 is 6.04 Å². The van der Waals surface area contributed by atoms with Gasteiger partial charge >= 0.3 is 5.97 Å². The van der Waals surface area contributed by atoms with Crippen LogP contribution in [-0.2, 0) is 16.1 Å². The first-order chi connectivity index (χ1) is 18.5. The van der Waals surface area contributed by atoms with Crippen LogP contribution < -0.4 is 16.4 Å². The van der Waals surface area contributed by atoms with Gasteiger partial charge in [0.15, 0.2) is 5.96 Å². The highest BCUT2D eigenvalue weighted by Crippen LogP contribution is 2.32. The molecule has 0 aliphatic heterocycles. The predicted molar refractivity (Wildman–Crippen MR) is 147 cm³/mol. The second-order valence-electron chi connectivity index (χ2n) is 8.90. The van der Waals surface area contributed by atoms with E-state index in [1.165, 1.54) is 7.11 Å². The van der Waals surface area contributed by atoms with Crippen molar-refractivity contribution in [3.8, 4) is 34.0 Å². The lowest BCUT2D eigenvalue weighted by Gasteiger charge is -2.17. The van der Waals surface area contributed by atoms with Crippen LogP contribution in [0.2, 0.25) is 0 Å². The van der Waals surface area contributed by atoms with Crippen molar-refractivity contribution in [3.63, 3.8) is 0 Å². The van der Waals surface area contributed by atoms with Crippen LogP contribution in [0.5, 0.6) is 0 Å². The number of carbonyl (C=O) groups excluding carboxylic acids is 1. The van der Waals surface area contributed by atoms with Gasteiger partial charge in [-0.3, -0.25) is 10.2 Å². The Hall–Kier alpha value is -4.50. The van der Waals surface area contributed by atoms with E-state index in [-0.39, 0.29) is 11.9 Å². The summed E-state index contributed by atoms with van der Waals surface area (Å²) in [7, 11) is 1.37. The zero-order chi connectivity index (χ0) is 26.9. The summed E-state index contributed by atoms with van der Waals surface area (Å²) in [6.07, 6.45) is 1.20. The van der Waals surface area contributed by atoms with Gasteiger partial charge in [0.25, 0.3) is 0 Å². The van der Waals surface area contributed by atoms with Crippen molar-refractivity contribution >= 4 is 11.9 Å². The van der Waals surface area contributed by atoms with Gasteiger partial charge in [-0.15, -0.1) is 10.2 Å². The Balaban J connectivity index is 1.47. The molecule has 0 aliphatic rings. The van der Waals surface area contributed by atoms with Gasteiger partial charge in [0.05, 0.1) is 7.11 Å². The number of carbonyl (C=O) groups is 1. The molecule has 0 spiro atoms. The van der Waals surface area contributed by atoms with Crippen molar-refractivity contribution in [2.75, 3.05) is 13.7 Å². The number of nitrogens with zero attached hydrogens (tertiary/aromatic N) is 2. The maximum absolute atomic E-state index is 12.2. The Morgan fingerprint density at radius 1 is 1.00 bits per heavy atom. The first-order valence-corrected chi connectivity index (χ1v) is 12.4. The molecule has 0 aliphatic carbocycles. The summed E-state index contributed by atoms with van der Waals surface area (Å²) < 4.78 is 11.0. The van der Waals surface area contributed by atoms with Crippen LogP contribution in [0.3, 0.4) is 0 Å². The van der Waals surface area contributed by atoms with Crippen molar-refractivity contribution in [3.05, 3.63) is 83.9 Å². The lowest BCUT2D eigenvalue weighted by atomic mass is 9.96. The summed E-state index contributed by atoms with van der Waals surface area (Å²) in [6, 6.07) is 23.6. The monoisotopic (exact) mass is 512 g/mol. The second-order valence-corrected chi connectivity index (χ2v) is 8.90. The van der Waals surface area contributed by atoms with Crippen molar-refractivity contribution in [1.29, 1.82) is 5.41 Å². The molecule has 1 atom stereocenters. The van der Waals surface area contributed by atoms with E-state index in [1.807, 2.05) is 54.6 Å². The van der Waals surface area contributed by atoms with Crippen LogP contribution in [0.1, 0.15) is 24.0 Å². The molecule has 4 rings (SSSR count). The first kappa shape index (κ1) is 26.6. The van der Waals surface area contributed by atoms with Gasteiger partial charge in [-0.25, -0.2) is 0 Å². The molecular formula is C29H32N6O3. The third-order valence-corrected chi connectivity index (χ3v) is 6.27. The molecule has 4 aromatic rings. The number of benzene rings is 3. The van der Waals surface area contributed by atoms with Gasteiger partial charge < -0.3 is 25.5 Å². The Labute approximate surface area is 221 Å². The third kappa shape index (κ3) is 6.63. The molecule has 1 aromatic heterocycles. The minimum Gasteiger partial charge on any atom is -0.468 e. The van der Waals surface area contributed by atoms with E-state index in [0.29, 0.717) is 37.7 Å². The number of guanidine groups is 1. The number of aromatic nitrogens is 2. The SMILES string of the molecule is COC(=O)C(CCCNC(=N)N)NCc1cccc(-c2nnc(-c3cccc(-c4ccccc4)c3C)o2)c1. The molecule has 9 heteroatoms. The topological polar surface area (TPSA) is 139 Å². The standard InChI is InChI=1S/C29H32N6O3/c1-19-23(21-10-4-3-5-11-21)13-7-14-24(19)27-35-34-26(38-27)22-12-6-9-20(17-22)18-33-25(28(36)37-2)15-8-16-32-29(30)31/h3-7,9-14,17,25,33H,8,15-16,18H2,1-2H3,(H4,30,31,32). The zero-order valence-corrected chi connectivity index (χ0v) is 21.5. The summed E-state index contributed by atoms with van der Waals surface area (Å²) in [6.45, 7) is 3.02. The molecule has 0 saturated heterocycles. The normalized spacial score (nSPS) is 11.6. The van der Waals surface area contributed by atoms with E-state index in [9.17, 15) is 4.79 Å². The van der Waals surface area contributed by atoms with Crippen LogP contribution in [0, 0.1) is 12.3 Å².